The third-order valence-corrected chi connectivity index (χ3v) is 4.20. The van der Waals surface area contributed by atoms with Crippen molar-refractivity contribution in [1.29, 1.82) is 0 Å². The molecule has 0 aliphatic carbocycles. The molecule has 27 heavy (non-hydrogen) atoms. The lowest BCUT2D eigenvalue weighted by Crippen LogP contribution is -2.45. The summed E-state index contributed by atoms with van der Waals surface area (Å²) in [5, 5.41) is 6.37. The van der Waals surface area contributed by atoms with Gasteiger partial charge in [-0.1, -0.05) is 13.8 Å². The number of aryl methyl sites for hydroxylation is 1. The fourth-order valence-corrected chi connectivity index (χ4v) is 2.70. The van der Waals surface area contributed by atoms with Crippen molar-refractivity contribution in [3.63, 3.8) is 0 Å². The van der Waals surface area contributed by atoms with Crippen LogP contribution in [0, 0.1) is 5.92 Å². The molecule has 1 rings (SSSR count). The van der Waals surface area contributed by atoms with Crippen molar-refractivity contribution in [1.82, 2.24) is 20.1 Å². The van der Waals surface area contributed by atoms with Crippen molar-refractivity contribution in [2.75, 3.05) is 20.6 Å². The van der Waals surface area contributed by atoms with Gasteiger partial charge >= 0.3 is 6.09 Å². The molecular weight excluding hydrogens is 342 g/mol. The first-order valence-electron chi connectivity index (χ1n) is 9.54. The largest absolute Gasteiger partial charge is 0.444 e. The molecular formula is C20H37N5O2. The van der Waals surface area contributed by atoms with Gasteiger partial charge in [0.25, 0.3) is 0 Å². The number of hydrogen-bond donors (Lipinski definition) is 2. The number of nitrogens with one attached hydrogen (secondary N) is 2. The highest BCUT2D eigenvalue weighted by Crippen LogP contribution is 2.11. The molecule has 154 valence electrons. The second-order valence-electron chi connectivity index (χ2n) is 8.29. The summed E-state index contributed by atoms with van der Waals surface area (Å²) in [6, 6.07) is 2.12. The number of hydrogen-bond acceptors (Lipinski definition) is 3. The summed E-state index contributed by atoms with van der Waals surface area (Å²) >= 11 is 0. The number of aliphatic imine (C=N–C) groups is 1. The molecule has 1 atom stereocenters. The van der Waals surface area contributed by atoms with Gasteiger partial charge < -0.3 is 24.8 Å². The van der Waals surface area contributed by atoms with E-state index >= 15 is 0 Å². The minimum Gasteiger partial charge on any atom is -0.444 e. The summed E-state index contributed by atoms with van der Waals surface area (Å²) in [6.45, 7) is 11.3. The third kappa shape index (κ3) is 8.84. The quantitative estimate of drug-likeness (QED) is 0.564. The molecule has 0 saturated carbocycles. The van der Waals surface area contributed by atoms with Crippen LogP contribution in [0.15, 0.2) is 23.5 Å². The average Bonchev–Trinajstić information content (AvgIpc) is 2.95. The maximum Gasteiger partial charge on any atom is 0.407 e. The van der Waals surface area contributed by atoms with E-state index < -0.39 is 5.60 Å². The molecule has 0 aliphatic rings. The van der Waals surface area contributed by atoms with E-state index in [1.807, 2.05) is 45.6 Å². The minimum atomic E-state index is -0.494. The second kappa shape index (κ2) is 10.2. The summed E-state index contributed by atoms with van der Waals surface area (Å²) in [6.07, 6.45) is 4.55. The van der Waals surface area contributed by atoms with E-state index in [1.165, 1.54) is 5.56 Å². The third-order valence-electron chi connectivity index (χ3n) is 4.20. The topological polar surface area (TPSA) is 70.9 Å². The van der Waals surface area contributed by atoms with Gasteiger partial charge in [0.1, 0.15) is 5.60 Å². The lowest BCUT2D eigenvalue weighted by Gasteiger charge is -2.28. The summed E-state index contributed by atoms with van der Waals surface area (Å²) in [4.78, 5) is 18.5. The Balaban J connectivity index is 2.53. The van der Waals surface area contributed by atoms with Gasteiger partial charge in [-0.25, -0.2) is 4.79 Å². The van der Waals surface area contributed by atoms with E-state index in [0.717, 1.165) is 25.5 Å². The number of ether oxygens (including phenoxy) is 1. The molecule has 1 unspecified atom stereocenters. The zero-order chi connectivity index (χ0) is 20.6. The lowest BCUT2D eigenvalue weighted by atomic mass is 10.0. The molecule has 0 bridgehead atoms. The minimum absolute atomic E-state index is 0.0366. The van der Waals surface area contributed by atoms with Gasteiger partial charge in [0.2, 0.25) is 0 Å². The van der Waals surface area contributed by atoms with E-state index in [0.29, 0.717) is 5.92 Å². The van der Waals surface area contributed by atoms with Gasteiger partial charge in [-0.15, -0.1) is 0 Å². The Morgan fingerprint density at radius 2 is 2.04 bits per heavy atom. The van der Waals surface area contributed by atoms with E-state index in [9.17, 15) is 4.79 Å². The number of alkyl carbamates (subject to hydrolysis) is 1. The van der Waals surface area contributed by atoms with Gasteiger partial charge in [0.05, 0.1) is 0 Å². The van der Waals surface area contributed by atoms with Gasteiger partial charge in [-0.3, -0.25) is 4.99 Å². The number of aromatic nitrogens is 1. The highest BCUT2D eigenvalue weighted by Gasteiger charge is 2.22. The van der Waals surface area contributed by atoms with E-state index in [2.05, 4.69) is 46.6 Å². The lowest BCUT2D eigenvalue weighted by molar-refractivity contribution is 0.0486. The Morgan fingerprint density at radius 3 is 2.52 bits per heavy atom. The van der Waals surface area contributed by atoms with E-state index in [4.69, 9.17) is 4.74 Å². The first kappa shape index (κ1) is 22.9. The van der Waals surface area contributed by atoms with Crippen molar-refractivity contribution in [3.8, 4) is 0 Å². The summed E-state index contributed by atoms with van der Waals surface area (Å²) in [5.41, 5.74) is 0.713. The number of carbonyl (C=O) groups excluding carboxylic acids is 1. The molecule has 0 fully saturated rings. The Morgan fingerprint density at radius 1 is 1.37 bits per heavy atom. The predicted octanol–water partition coefficient (Wildman–Crippen LogP) is 2.97. The van der Waals surface area contributed by atoms with Crippen LogP contribution in [0.4, 0.5) is 4.79 Å². The van der Waals surface area contributed by atoms with Crippen LogP contribution in [0.2, 0.25) is 0 Å². The van der Waals surface area contributed by atoms with Gasteiger partial charge in [-0.2, -0.15) is 0 Å². The maximum absolute atomic E-state index is 12.1. The molecule has 1 aromatic heterocycles. The number of carbonyl (C=O) groups is 1. The SMILES string of the molecule is CN=C(NCc1ccn(C)c1)N(C)CCC(NC(=O)OC(C)(C)C)C(C)C. The van der Waals surface area contributed by atoms with Crippen molar-refractivity contribution >= 4 is 12.1 Å². The first-order valence-corrected chi connectivity index (χ1v) is 9.54. The molecule has 0 saturated heterocycles. The van der Waals surface area contributed by atoms with Crippen LogP contribution in [0.3, 0.4) is 0 Å². The molecule has 1 aromatic rings. The van der Waals surface area contributed by atoms with E-state index in [1.54, 1.807) is 7.05 Å². The number of guanidine groups is 1. The molecule has 0 aromatic carbocycles. The zero-order valence-corrected chi connectivity index (χ0v) is 18.2. The van der Waals surface area contributed by atoms with Gasteiger partial charge in [0.15, 0.2) is 5.96 Å². The van der Waals surface area contributed by atoms with Crippen LogP contribution in [0.5, 0.6) is 0 Å². The van der Waals surface area contributed by atoms with Crippen molar-refractivity contribution in [2.24, 2.45) is 18.0 Å². The van der Waals surface area contributed by atoms with Crippen LogP contribution >= 0.6 is 0 Å². The summed E-state index contributed by atoms with van der Waals surface area (Å²) in [7, 11) is 5.79. The zero-order valence-electron chi connectivity index (χ0n) is 18.2. The highest BCUT2D eigenvalue weighted by molar-refractivity contribution is 5.79. The molecule has 2 N–H and O–H groups in total. The predicted molar refractivity (Wildman–Crippen MR) is 111 cm³/mol. The first-order chi connectivity index (χ1) is 12.5. The highest BCUT2D eigenvalue weighted by atomic mass is 16.6. The maximum atomic E-state index is 12.1. The van der Waals surface area contributed by atoms with Crippen molar-refractivity contribution < 1.29 is 9.53 Å². The van der Waals surface area contributed by atoms with Crippen molar-refractivity contribution in [2.45, 2.75) is 59.2 Å². The molecule has 0 spiro atoms. The Labute approximate surface area is 164 Å². The van der Waals surface area contributed by atoms with Crippen LogP contribution in [0.25, 0.3) is 0 Å². The number of nitrogens with zero attached hydrogens (tertiary/aromatic N) is 3. The van der Waals surface area contributed by atoms with Crippen LogP contribution < -0.4 is 10.6 Å². The van der Waals surface area contributed by atoms with Gasteiger partial charge in [0, 0.05) is 52.7 Å². The molecule has 1 heterocycles. The summed E-state index contributed by atoms with van der Waals surface area (Å²) < 4.78 is 7.41. The van der Waals surface area contributed by atoms with Crippen molar-refractivity contribution in [3.05, 3.63) is 24.0 Å². The smallest absolute Gasteiger partial charge is 0.407 e. The normalized spacial score (nSPS) is 13.4. The Kier molecular flexibility index (Phi) is 8.66. The van der Waals surface area contributed by atoms with Crippen LogP contribution in [-0.2, 0) is 18.3 Å². The standard InChI is InChI=1S/C20H37N5O2/c1-15(2)17(23-19(26)27-20(3,4)5)10-12-25(8)18(21-6)22-13-16-9-11-24(7)14-16/h9,11,14-15,17H,10,12-13H2,1-8H3,(H,21,22)(H,23,26). The van der Waals surface area contributed by atoms with Gasteiger partial charge in [-0.05, 0) is 44.7 Å². The van der Waals surface area contributed by atoms with Crippen LogP contribution in [0.1, 0.15) is 46.6 Å². The van der Waals surface area contributed by atoms with Crippen LogP contribution in [-0.4, -0.2) is 53.8 Å². The Bertz CT molecular complexity index is 616. The fourth-order valence-electron chi connectivity index (χ4n) is 2.70. The number of rotatable bonds is 7. The molecule has 7 heteroatoms. The second-order valence-corrected chi connectivity index (χ2v) is 8.29. The Hall–Kier alpha value is -2.18. The summed E-state index contributed by atoms with van der Waals surface area (Å²) in [5.74, 6) is 1.14. The molecule has 1 amide bonds. The fraction of sp³-hybridized carbons (Fsp3) is 0.700. The molecule has 0 aliphatic heterocycles. The molecule has 7 nitrogen and oxygen atoms in total. The number of amides is 1. The molecule has 0 radical (unpaired) electrons. The monoisotopic (exact) mass is 379 g/mol. The van der Waals surface area contributed by atoms with E-state index in [-0.39, 0.29) is 12.1 Å². The average molecular weight is 380 g/mol.